The van der Waals surface area contributed by atoms with Crippen molar-refractivity contribution in [1.29, 1.82) is 0 Å². The Balaban J connectivity index is 2.00. The van der Waals surface area contributed by atoms with Gasteiger partial charge in [0, 0.05) is 30.1 Å². The molecule has 2 atom stereocenters. The van der Waals surface area contributed by atoms with Gasteiger partial charge >= 0.3 is 5.97 Å². The molecule has 0 saturated carbocycles. The fourth-order valence-electron chi connectivity index (χ4n) is 3.78. The number of benzene rings is 2. The number of rotatable bonds is 6. The van der Waals surface area contributed by atoms with Gasteiger partial charge in [-0.15, -0.1) is 0 Å². The molecule has 0 bridgehead atoms. The van der Waals surface area contributed by atoms with Crippen molar-refractivity contribution < 1.29 is 14.3 Å². The highest BCUT2D eigenvalue weighted by molar-refractivity contribution is 5.85. The van der Waals surface area contributed by atoms with Crippen LogP contribution in [0.3, 0.4) is 0 Å². The van der Waals surface area contributed by atoms with E-state index in [0.29, 0.717) is 6.42 Å². The van der Waals surface area contributed by atoms with Gasteiger partial charge < -0.3 is 14.0 Å². The Morgan fingerprint density at radius 1 is 1.07 bits per heavy atom. The SMILES string of the molecule is COc1ccc(C(CC(C)C(=O)OC(C)(C)C)c2cn(C)c3ccccc23)cc1. The Morgan fingerprint density at radius 3 is 2.34 bits per heavy atom. The van der Waals surface area contributed by atoms with Gasteiger partial charge in [0.15, 0.2) is 0 Å². The minimum Gasteiger partial charge on any atom is -0.497 e. The van der Waals surface area contributed by atoms with E-state index in [1.807, 2.05) is 39.8 Å². The summed E-state index contributed by atoms with van der Waals surface area (Å²) in [5.74, 6) is 0.525. The van der Waals surface area contributed by atoms with E-state index < -0.39 is 5.60 Å². The van der Waals surface area contributed by atoms with Gasteiger partial charge in [0.2, 0.25) is 0 Å². The molecule has 0 aliphatic rings. The molecular formula is C25H31NO3. The predicted octanol–water partition coefficient (Wildman–Crippen LogP) is 5.69. The number of methoxy groups -OCH3 is 1. The topological polar surface area (TPSA) is 40.5 Å². The van der Waals surface area contributed by atoms with Gasteiger partial charge in [-0.2, -0.15) is 0 Å². The first kappa shape index (κ1) is 21.0. The van der Waals surface area contributed by atoms with Crippen molar-refractivity contribution in [1.82, 2.24) is 4.57 Å². The molecule has 2 aromatic carbocycles. The maximum atomic E-state index is 12.7. The van der Waals surface area contributed by atoms with Crippen LogP contribution >= 0.6 is 0 Å². The molecule has 0 spiro atoms. The summed E-state index contributed by atoms with van der Waals surface area (Å²) in [6, 6.07) is 16.5. The lowest BCUT2D eigenvalue weighted by atomic mass is 9.84. The summed E-state index contributed by atoms with van der Waals surface area (Å²) < 4.78 is 13.1. The number of para-hydroxylation sites is 1. The maximum absolute atomic E-state index is 12.7. The predicted molar refractivity (Wildman–Crippen MR) is 117 cm³/mol. The van der Waals surface area contributed by atoms with E-state index in [2.05, 4.69) is 54.2 Å². The van der Waals surface area contributed by atoms with Crippen LogP contribution in [0.2, 0.25) is 0 Å². The molecule has 0 aliphatic carbocycles. The zero-order valence-corrected chi connectivity index (χ0v) is 18.2. The Bertz CT molecular complexity index is 979. The first-order chi connectivity index (χ1) is 13.7. The van der Waals surface area contributed by atoms with E-state index >= 15 is 0 Å². The van der Waals surface area contributed by atoms with E-state index in [4.69, 9.17) is 9.47 Å². The number of ether oxygens (including phenoxy) is 2. The summed E-state index contributed by atoms with van der Waals surface area (Å²) in [6.07, 6.45) is 2.86. The van der Waals surface area contributed by atoms with Crippen molar-refractivity contribution in [3.8, 4) is 5.75 Å². The Labute approximate surface area is 173 Å². The largest absolute Gasteiger partial charge is 0.497 e. The minimum atomic E-state index is -0.486. The van der Waals surface area contributed by atoms with Gasteiger partial charge in [0.25, 0.3) is 0 Å². The normalized spacial score (nSPS) is 13.9. The number of aryl methyl sites for hydroxylation is 1. The monoisotopic (exact) mass is 393 g/mol. The molecule has 29 heavy (non-hydrogen) atoms. The third kappa shape index (κ3) is 4.81. The molecule has 1 heterocycles. The summed E-state index contributed by atoms with van der Waals surface area (Å²) >= 11 is 0. The number of nitrogens with zero attached hydrogens (tertiary/aromatic N) is 1. The van der Waals surface area contributed by atoms with Crippen LogP contribution in [-0.2, 0) is 16.6 Å². The molecule has 3 aromatic rings. The van der Waals surface area contributed by atoms with Crippen LogP contribution < -0.4 is 4.74 Å². The summed E-state index contributed by atoms with van der Waals surface area (Å²) in [6.45, 7) is 7.67. The lowest BCUT2D eigenvalue weighted by molar-refractivity contribution is -0.159. The second-order valence-corrected chi connectivity index (χ2v) is 8.71. The summed E-state index contributed by atoms with van der Waals surface area (Å²) in [5, 5.41) is 1.22. The van der Waals surface area contributed by atoms with Gasteiger partial charge in [-0.3, -0.25) is 4.79 Å². The minimum absolute atomic E-state index is 0.0783. The van der Waals surface area contributed by atoms with Gasteiger partial charge in [-0.25, -0.2) is 0 Å². The van der Waals surface area contributed by atoms with E-state index in [-0.39, 0.29) is 17.8 Å². The van der Waals surface area contributed by atoms with Gasteiger partial charge in [-0.05, 0) is 56.5 Å². The fraction of sp³-hybridized carbons (Fsp3) is 0.400. The highest BCUT2D eigenvalue weighted by Gasteiger charge is 2.27. The quantitative estimate of drug-likeness (QED) is 0.505. The number of aromatic nitrogens is 1. The Kier molecular flexibility index (Phi) is 6.02. The first-order valence-electron chi connectivity index (χ1n) is 10.1. The first-order valence-corrected chi connectivity index (χ1v) is 10.1. The molecule has 0 radical (unpaired) electrons. The van der Waals surface area contributed by atoms with Crippen molar-refractivity contribution >= 4 is 16.9 Å². The van der Waals surface area contributed by atoms with Crippen LogP contribution in [0.25, 0.3) is 10.9 Å². The molecule has 154 valence electrons. The van der Waals surface area contributed by atoms with Crippen molar-refractivity contribution in [2.24, 2.45) is 13.0 Å². The molecule has 4 heteroatoms. The van der Waals surface area contributed by atoms with Crippen molar-refractivity contribution in [2.75, 3.05) is 7.11 Å². The Morgan fingerprint density at radius 2 is 1.72 bits per heavy atom. The highest BCUT2D eigenvalue weighted by atomic mass is 16.6. The molecule has 3 rings (SSSR count). The third-order valence-corrected chi connectivity index (χ3v) is 5.22. The van der Waals surface area contributed by atoms with Crippen LogP contribution in [0.15, 0.2) is 54.7 Å². The lowest BCUT2D eigenvalue weighted by Crippen LogP contribution is -2.28. The standard InChI is InChI=1S/C25H31NO3/c1-17(24(27)29-25(2,3)4)15-21(18-11-13-19(28-6)14-12-18)22-16-26(5)23-10-8-7-9-20(22)23/h7-14,16-17,21H,15H2,1-6H3. The van der Waals surface area contributed by atoms with E-state index in [1.165, 1.54) is 16.5 Å². The van der Waals surface area contributed by atoms with Crippen molar-refractivity contribution in [2.45, 2.75) is 45.6 Å². The Hall–Kier alpha value is -2.75. The maximum Gasteiger partial charge on any atom is 0.309 e. The number of hydrogen-bond acceptors (Lipinski definition) is 3. The molecule has 2 unspecified atom stereocenters. The van der Waals surface area contributed by atoms with Crippen LogP contribution in [0.5, 0.6) is 5.75 Å². The molecule has 0 aliphatic heterocycles. The van der Waals surface area contributed by atoms with Crippen LogP contribution in [0.4, 0.5) is 0 Å². The molecule has 0 fully saturated rings. The summed E-state index contributed by atoms with van der Waals surface area (Å²) in [7, 11) is 3.73. The van der Waals surface area contributed by atoms with E-state index in [0.717, 1.165) is 11.3 Å². The zero-order chi connectivity index (χ0) is 21.2. The molecule has 0 N–H and O–H groups in total. The van der Waals surface area contributed by atoms with Crippen molar-refractivity contribution in [3.05, 3.63) is 65.9 Å². The highest BCUT2D eigenvalue weighted by Crippen LogP contribution is 2.37. The second-order valence-electron chi connectivity index (χ2n) is 8.71. The summed E-state index contributed by atoms with van der Waals surface area (Å²) in [5.41, 5.74) is 3.09. The van der Waals surface area contributed by atoms with Crippen LogP contribution in [0, 0.1) is 5.92 Å². The second kappa shape index (κ2) is 8.32. The van der Waals surface area contributed by atoms with Crippen LogP contribution in [-0.4, -0.2) is 23.2 Å². The molecule has 0 amide bonds. The van der Waals surface area contributed by atoms with Gasteiger partial charge in [0.1, 0.15) is 11.4 Å². The van der Waals surface area contributed by atoms with Gasteiger partial charge in [-0.1, -0.05) is 37.3 Å². The average Bonchev–Trinajstić information content (AvgIpc) is 3.01. The zero-order valence-electron chi connectivity index (χ0n) is 18.2. The fourth-order valence-corrected chi connectivity index (χ4v) is 3.78. The van der Waals surface area contributed by atoms with E-state index in [1.54, 1.807) is 7.11 Å². The van der Waals surface area contributed by atoms with Crippen molar-refractivity contribution in [3.63, 3.8) is 0 Å². The van der Waals surface area contributed by atoms with Crippen LogP contribution in [0.1, 0.15) is 51.2 Å². The molecule has 1 aromatic heterocycles. The average molecular weight is 394 g/mol. The number of hydrogen-bond donors (Lipinski definition) is 0. The third-order valence-electron chi connectivity index (χ3n) is 5.22. The molecule has 4 nitrogen and oxygen atoms in total. The summed E-state index contributed by atoms with van der Waals surface area (Å²) in [4.78, 5) is 12.7. The van der Waals surface area contributed by atoms with E-state index in [9.17, 15) is 4.79 Å². The molecular weight excluding hydrogens is 362 g/mol. The smallest absolute Gasteiger partial charge is 0.309 e. The number of carbonyl (C=O) groups excluding carboxylic acids is 1. The molecule has 0 saturated heterocycles. The number of esters is 1. The lowest BCUT2D eigenvalue weighted by Gasteiger charge is -2.25. The van der Waals surface area contributed by atoms with Gasteiger partial charge in [0.05, 0.1) is 13.0 Å². The number of carbonyl (C=O) groups is 1. The number of fused-ring (bicyclic) bond motifs is 1.